The van der Waals surface area contributed by atoms with Gasteiger partial charge in [-0.2, -0.15) is 0 Å². The summed E-state index contributed by atoms with van der Waals surface area (Å²) in [6.07, 6.45) is 0.128. The maximum absolute atomic E-state index is 13.2. The van der Waals surface area contributed by atoms with E-state index in [1.165, 1.54) is 0 Å². The molecule has 0 heterocycles. The Hall–Kier alpha value is -4.49. The van der Waals surface area contributed by atoms with Crippen molar-refractivity contribution in [3.63, 3.8) is 0 Å². The van der Waals surface area contributed by atoms with E-state index in [2.05, 4.69) is 5.32 Å². The summed E-state index contributed by atoms with van der Waals surface area (Å²) < 4.78 is 11.2. The first-order valence-electron chi connectivity index (χ1n) is 13.4. The Morgan fingerprint density at radius 1 is 0.854 bits per heavy atom. The van der Waals surface area contributed by atoms with Gasteiger partial charge in [-0.3, -0.25) is 4.79 Å². The molecule has 8 heteroatoms. The summed E-state index contributed by atoms with van der Waals surface area (Å²) in [4.78, 5) is 27.3. The molecule has 0 bridgehead atoms. The summed E-state index contributed by atoms with van der Waals surface area (Å²) in [6, 6.07) is 26.7. The number of hydrogen-bond acceptors (Lipinski definition) is 5. The lowest BCUT2D eigenvalue weighted by Gasteiger charge is -2.24. The fourth-order valence-electron chi connectivity index (χ4n) is 4.55. The number of aliphatic carboxylic acids is 1. The largest absolute Gasteiger partial charge is 0.497 e. The van der Waals surface area contributed by atoms with E-state index in [1.54, 1.807) is 25.3 Å². The zero-order chi connectivity index (χ0) is 29.4. The number of benzene rings is 4. The van der Waals surface area contributed by atoms with Gasteiger partial charge in [0, 0.05) is 30.2 Å². The molecule has 41 heavy (non-hydrogen) atoms. The second kappa shape index (κ2) is 13.7. The molecule has 1 amide bonds. The molecule has 0 fully saturated rings. The van der Waals surface area contributed by atoms with Gasteiger partial charge in [0.05, 0.1) is 12.7 Å². The van der Waals surface area contributed by atoms with E-state index in [4.69, 9.17) is 21.1 Å². The van der Waals surface area contributed by atoms with Gasteiger partial charge in [-0.15, -0.1) is 0 Å². The minimum atomic E-state index is -1.11. The molecule has 0 aliphatic heterocycles. The number of halogens is 1. The highest BCUT2D eigenvalue weighted by Gasteiger charge is 2.24. The Kier molecular flexibility index (Phi) is 9.87. The van der Waals surface area contributed by atoms with E-state index >= 15 is 0 Å². The highest BCUT2D eigenvalue weighted by Crippen LogP contribution is 2.29. The Morgan fingerprint density at radius 2 is 1.54 bits per heavy atom. The lowest BCUT2D eigenvalue weighted by Crippen LogP contribution is -2.42. The molecule has 4 aromatic carbocycles. The number of hydrogen-bond donors (Lipinski definition) is 2. The SMILES string of the molecule is CCN(CC)c1ccc(Cl)cc1C(=O)NC(Cc1ccc(-c2cccc(Oc3ccc(OC)cc3)c2)cc1)C(=O)O. The first kappa shape index (κ1) is 29.5. The monoisotopic (exact) mass is 572 g/mol. The third-order valence-corrected chi connectivity index (χ3v) is 7.00. The van der Waals surface area contributed by atoms with Gasteiger partial charge in [0.15, 0.2) is 0 Å². The molecular weight excluding hydrogens is 540 g/mol. The highest BCUT2D eigenvalue weighted by atomic mass is 35.5. The zero-order valence-electron chi connectivity index (χ0n) is 23.3. The van der Waals surface area contributed by atoms with Crippen LogP contribution in [0.3, 0.4) is 0 Å². The number of carboxylic acids is 1. The van der Waals surface area contributed by atoms with Crippen molar-refractivity contribution in [3.8, 4) is 28.4 Å². The van der Waals surface area contributed by atoms with Crippen LogP contribution < -0.4 is 19.7 Å². The second-order valence-electron chi connectivity index (χ2n) is 9.40. The van der Waals surface area contributed by atoms with Crippen molar-refractivity contribution in [2.75, 3.05) is 25.1 Å². The van der Waals surface area contributed by atoms with Crippen LogP contribution >= 0.6 is 11.6 Å². The number of methoxy groups -OCH3 is 1. The predicted octanol–water partition coefficient (Wildman–Crippen LogP) is 7.08. The molecule has 0 aromatic heterocycles. The van der Waals surface area contributed by atoms with Crippen LogP contribution in [-0.2, 0) is 11.2 Å². The van der Waals surface area contributed by atoms with Crippen LogP contribution in [0.4, 0.5) is 5.69 Å². The number of ether oxygens (including phenoxy) is 2. The van der Waals surface area contributed by atoms with Gasteiger partial charge >= 0.3 is 5.97 Å². The van der Waals surface area contributed by atoms with Crippen LogP contribution in [0, 0.1) is 0 Å². The molecule has 1 unspecified atom stereocenters. The van der Waals surface area contributed by atoms with Crippen molar-refractivity contribution in [2.24, 2.45) is 0 Å². The van der Waals surface area contributed by atoms with Crippen LogP contribution in [0.15, 0.2) is 91.0 Å². The third-order valence-electron chi connectivity index (χ3n) is 6.77. The van der Waals surface area contributed by atoms with Crippen molar-refractivity contribution >= 4 is 29.2 Å². The van der Waals surface area contributed by atoms with Gasteiger partial charge in [0.1, 0.15) is 23.3 Å². The van der Waals surface area contributed by atoms with Crippen LogP contribution in [0.25, 0.3) is 11.1 Å². The molecule has 0 radical (unpaired) electrons. The Balaban J connectivity index is 1.46. The number of nitrogens with zero attached hydrogens (tertiary/aromatic N) is 1. The van der Waals surface area contributed by atoms with Crippen molar-refractivity contribution in [1.29, 1.82) is 0 Å². The first-order valence-corrected chi connectivity index (χ1v) is 13.8. The average Bonchev–Trinajstić information content (AvgIpc) is 2.99. The van der Waals surface area contributed by atoms with Crippen molar-refractivity contribution in [3.05, 3.63) is 107 Å². The van der Waals surface area contributed by atoms with Crippen molar-refractivity contribution in [1.82, 2.24) is 5.32 Å². The molecule has 4 rings (SSSR count). The fourth-order valence-corrected chi connectivity index (χ4v) is 4.73. The lowest BCUT2D eigenvalue weighted by atomic mass is 10.00. The van der Waals surface area contributed by atoms with Gasteiger partial charge in [-0.05, 0) is 85.1 Å². The third kappa shape index (κ3) is 7.58. The maximum atomic E-state index is 13.2. The number of carboxylic acid groups (broad SMARTS) is 1. The highest BCUT2D eigenvalue weighted by molar-refractivity contribution is 6.31. The van der Waals surface area contributed by atoms with Gasteiger partial charge in [0.2, 0.25) is 0 Å². The smallest absolute Gasteiger partial charge is 0.326 e. The zero-order valence-corrected chi connectivity index (χ0v) is 24.0. The van der Waals surface area contributed by atoms with Gasteiger partial charge in [-0.25, -0.2) is 4.79 Å². The number of nitrogens with one attached hydrogen (secondary N) is 1. The summed E-state index contributed by atoms with van der Waals surface area (Å²) in [6.45, 7) is 5.38. The molecule has 0 aliphatic rings. The molecule has 4 aromatic rings. The Morgan fingerprint density at radius 3 is 2.17 bits per heavy atom. The van der Waals surface area contributed by atoms with E-state index in [-0.39, 0.29) is 6.42 Å². The van der Waals surface area contributed by atoms with Crippen LogP contribution in [0.5, 0.6) is 17.2 Å². The van der Waals surface area contributed by atoms with E-state index in [9.17, 15) is 14.7 Å². The Bertz CT molecular complexity index is 1480. The topological polar surface area (TPSA) is 88.1 Å². The van der Waals surface area contributed by atoms with Crippen molar-refractivity contribution < 1.29 is 24.2 Å². The standard InChI is InChI=1S/C33H33ClN2O5/c1-4-36(5-2)31-18-13-25(34)21-29(31)32(37)35-30(33(38)39)19-22-9-11-23(12-10-22)24-7-6-8-28(20-24)41-27-16-14-26(40-3)15-17-27/h6-18,20-21,30H,4-5,19H2,1-3H3,(H,35,37)(H,38,39). The van der Waals surface area contributed by atoms with Gasteiger partial charge < -0.3 is 24.8 Å². The lowest BCUT2D eigenvalue weighted by molar-refractivity contribution is -0.139. The Labute approximate surface area is 245 Å². The van der Waals surface area contributed by atoms with Gasteiger partial charge in [0.25, 0.3) is 5.91 Å². The summed E-state index contributed by atoms with van der Waals surface area (Å²) in [7, 11) is 1.62. The molecular formula is C33H33ClN2O5. The van der Waals surface area contributed by atoms with E-state index in [0.717, 1.165) is 22.4 Å². The normalized spacial score (nSPS) is 11.4. The van der Waals surface area contributed by atoms with E-state index < -0.39 is 17.9 Å². The molecule has 0 saturated heterocycles. The number of carbonyl (C=O) groups is 2. The van der Waals surface area contributed by atoms with E-state index in [1.807, 2.05) is 91.5 Å². The number of anilines is 1. The molecule has 212 valence electrons. The molecule has 0 aliphatic carbocycles. The number of carbonyl (C=O) groups excluding carboxylic acids is 1. The summed E-state index contributed by atoms with van der Waals surface area (Å²) in [5.74, 6) is 0.548. The minimum absolute atomic E-state index is 0.128. The summed E-state index contributed by atoms with van der Waals surface area (Å²) >= 11 is 6.18. The molecule has 0 spiro atoms. The molecule has 7 nitrogen and oxygen atoms in total. The number of rotatable bonds is 12. The quantitative estimate of drug-likeness (QED) is 0.189. The maximum Gasteiger partial charge on any atom is 0.326 e. The van der Waals surface area contributed by atoms with Crippen molar-refractivity contribution in [2.45, 2.75) is 26.3 Å². The van der Waals surface area contributed by atoms with Crippen LogP contribution in [0.2, 0.25) is 5.02 Å². The first-order chi connectivity index (χ1) is 19.8. The minimum Gasteiger partial charge on any atom is -0.497 e. The van der Waals surface area contributed by atoms with Crippen LogP contribution in [-0.4, -0.2) is 43.2 Å². The second-order valence-corrected chi connectivity index (χ2v) is 9.84. The summed E-state index contributed by atoms with van der Waals surface area (Å²) in [5.41, 5.74) is 3.74. The molecule has 0 saturated carbocycles. The van der Waals surface area contributed by atoms with Gasteiger partial charge in [-0.1, -0.05) is 48.0 Å². The predicted molar refractivity (Wildman–Crippen MR) is 163 cm³/mol. The molecule has 1 atom stereocenters. The van der Waals surface area contributed by atoms with Crippen LogP contribution in [0.1, 0.15) is 29.8 Å². The number of amides is 1. The average molecular weight is 573 g/mol. The fraction of sp³-hybridized carbons (Fsp3) is 0.212. The van der Waals surface area contributed by atoms with E-state index in [0.29, 0.717) is 40.9 Å². The summed E-state index contributed by atoms with van der Waals surface area (Å²) in [5, 5.41) is 13.0. The molecule has 2 N–H and O–H groups in total.